The lowest BCUT2D eigenvalue weighted by atomic mass is 9.93. The Hall–Kier alpha value is -2.56. The number of nitrogens with zero attached hydrogens (tertiary/aromatic N) is 2. The third kappa shape index (κ3) is 3.76. The first-order chi connectivity index (χ1) is 12.0. The van der Waals surface area contributed by atoms with E-state index < -0.39 is 0 Å². The largest absolute Gasteiger partial charge is 0.324 e. The van der Waals surface area contributed by atoms with Gasteiger partial charge >= 0.3 is 6.03 Å². The molecular weight excluding hydrogens is 312 g/mol. The van der Waals surface area contributed by atoms with Crippen LogP contribution in [-0.2, 0) is 7.05 Å². The minimum atomic E-state index is -0.246. The lowest BCUT2D eigenvalue weighted by Gasteiger charge is -2.15. The number of benzene rings is 1. The molecule has 1 heterocycles. The molecule has 0 spiro atoms. The van der Waals surface area contributed by atoms with Gasteiger partial charge in [0.05, 0.1) is 5.69 Å². The van der Waals surface area contributed by atoms with Crippen LogP contribution in [0.25, 0.3) is 5.57 Å². The van der Waals surface area contributed by atoms with Crippen LogP contribution in [0, 0.1) is 20.8 Å². The maximum atomic E-state index is 12.5. The third-order valence-electron chi connectivity index (χ3n) is 4.83. The van der Waals surface area contributed by atoms with Gasteiger partial charge in [-0.3, -0.25) is 10.00 Å². The summed E-state index contributed by atoms with van der Waals surface area (Å²) >= 11 is 0. The second kappa shape index (κ2) is 7.13. The van der Waals surface area contributed by atoms with Crippen molar-refractivity contribution in [3.05, 3.63) is 46.7 Å². The number of carbonyl (C=O) groups is 1. The standard InChI is InChI=1S/C20H26N4O/c1-13-10-11-17(12-14(13)2)21-20(25)22-19-18(15(3)23-24(19)4)16-8-6-5-7-9-16/h8,10-12H,5-7,9H2,1-4H3,(H2,21,22,25). The fraction of sp³-hybridized carbons (Fsp3) is 0.400. The average molecular weight is 338 g/mol. The number of anilines is 2. The molecule has 3 rings (SSSR count). The number of amides is 2. The van der Waals surface area contributed by atoms with Crippen LogP contribution in [0.3, 0.4) is 0 Å². The predicted molar refractivity (Wildman–Crippen MR) is 103 cm³/mol. The Labute approximate surface area is 149 Å². The maximum Gasteiger partial charge on any atom is 0.324 e. The summed E-state index contributed by atoms with van der Waals surface area (Å²) in [6.07, 6.45) is 6.84. The van der Waals surface area contributed by atoms with Gasteiger partial charge in [0, 0.05) is 18.3 Å². The summed E-state index contributed by atoms with van der Waals surface area (Å²) in [4.78, 5) is 12.5. The van der Waals surface area contributed by atoms with E-state index in [0.29, 0.717) is 0 Å². The van der Waals surface area contributed by atoms with Crippen molar-refractivity contribution in [1.29, 1.82) is 0 Å². The highest BCUT2D eigenvalue weighted by Crippen LogP contribution is 2.33. The Balaban J connectivity index is 1.81. The molecule has 5 nitrogen and oxygen atoms in total. The highest BCUT2D eigenvalue weighted by molar-refractivity contribution is 6.01. The van der Waals surface area contributed by atoms with Crippen molar-refractivity contribution in [2.24, 2.45) is 7.05 Å². The lowest BCUT2D eigenvalue weighted by Crippen LogP contribution is -2.22. The van der Waals surface area contributed by atoms with E-state index in [4.69, 9.17) is 0 Å². The van der Waals surface area contributed by atoms with Crippen molar-refractivity contribution in [2.75, 3.05) is 10.6 Å². The van der Waals surface area contributed by atoms with Crippen LogP contribution >= 0.6 is 0 Å². The molecule has 0 fully saturated rings. The molecule has 1 aliphatic carbocycles. The van der Waals surface area contributed by atoms with E-state index in [-0.39, 0.29) is 6.03 Å². The highest BCUT2D eigenvalue weighted by atomic mass is 16.2. The van der Waals surface area contributed by atoms with Crippen LogP contribution in [0.1, 0.15) is 48.1 Å². The lowest BCUT2D eigenvalue weighted by molar-refractivity contribution is 0.262. The van der Waals surface area contributed by atoms with Crippen molar-refractivity contribution < 1.29 is 4.79 Å². The summed E-state index contributed by atoms with van der Waals surface area (Å²) in [6, 6.07) is 5.66. The summed E-state index contributed by atoms with van der Waals surface area (Å²) in [5, 5.41) is 10.4. The summed E-state index contributed by atoms with van der Waals surface area (Å²) in [6.45, 7) is 6.09. The first-order valence-corrected chi connectivity index (χ1v) is 8.84. The summed E-state index contributed by atoms with van der Waals surface area (Å²) in [5.74, 6) is 0.756. The van der Waals surface area contributed by atoms with E-state index in [0.717, 1.165) is 41.2 Å². The minimum Gasteiger partial charge on any atom is -0.308 e. The highest BCUT2D eigenvalue weighted by Gasteiger charge is 2.20. The van der Waals surface area contributed by atoms with Gasteiger partial charge in [-0.25, -0.2) is 4.79 Å². The Bertz CT molecular complexity index is 832. The fourth-order valence-corrected chi connectivity index (χ4v) is 3.34. The SMILES string of the molecule is Cc1ccc(NC(=O)Nc2c(C3=CCCCC3)c(C)nn2C)cc1C. The summed E-state index contributed by atoms with van der Waals surface area (Å²) in [5.41, 5.74) is 6.47. The molecule has 2 aromatic rings. The van der Waals surface area contributed by atoms with E-state index in [1.165, 1.54) is 24.0 Å². The Morgan fingerprint density at radius 1 is 1.12 bits per heavy atom. The molecule has 0 bridgehead atoms. The van der Waals surface area contributed by atoms with Crippen molar-refractivity contribution in [1.82, 2.24) is 9.78 Å². The summed E-state index contributed by atoms with van der Waals surface area (Å²) < 4.78 is 1.75. The normalized spacial score (nSPS) is 14.2. The molecule has 0 radical (unpaired) electrons. The summed E-state index contributed by atoms with van der Waals surface area (Å²) in [7, 11) is 1.87. The van der Waals surface area contributed by atoms with Crippen molar-refractivity contribution in [2.45, 2.75) is 46.5 Å². The van der Waals surface area contributed by atoms with Crippen LogP contribution in [0.2, 0.25) is 0 Å². The molecule has 1 aliphatic rings. The van der Waals surface area contributed by atoms with Crippen LogP contribution < -0.4 is 10.6 Å². The Morgan fingerprint density at radius 2 is 1.92 bits per heavy atom. The van der Waals surface area contributed by atoms with Crippen molar-refractivity contribution in [3.8, 4) is 0 Å². The molecule has 5 heteroatoms. The zero-order valence-corrected chi connectivity index (χ0v) is 15.4. The molecular formula is C20H26N4O. The molecule has 0 aliphatic heterocycles. The minimum absolute atomic E-state index is 0.246. The van der Waals surface area contributed by atoms with Crippen molar-refractivity contribution in [3.63, 3.8) is 0 Å². The first-order valence-electron chi connectivity index (χ1n) is 8.84. The van der Waals surface area contributed by atoms with Gasteiger partial charge in [-0.2, -0.15) is 5.10 Å². The number of urea groups is 1. The topological polar surface area (TPSA) is 59.0 Å². The van der Waals surface area contributed by atoms with E-state index >= 15 is 0 Å². The average Bonchev–Trinajstić information content (AvgIpc) is 2.85. The third-order valence-corrected chi connectivity index (χ3v) is 4.83. The van der Waals surface area contributed by atoms with Gasteiger partial charge in [0.25, 0.3) is 0 Å². The van der Waals surface area contributed by atoms with Gasteiger partial charge in [0.15, 0.2) is 0 Å². The second-order valence-corrected chi connectivity index (χ2v) is 6.79. The number of hydrogen-bond donors (Lipinski definition) is 2. The molecule has 0 atom stereocenters. The van der Waals surface area contributed by atoms with Gasteiger partial charge < -0.3 is 5.32 Å². The molecule has 0 saturated carbocycles. The number of aromatic nitrogens is 2. The number of rotatable bonds is 3. The molecule has 2 N–H and O–H groups in total. The Morgan fingerprint density at radius 3 is 2.60 bits per heavy atom. The molecule has 0 unspecified atom stereocenters. The van der Waals surface area contributed by atoms with Gasteiger partial charge in [0.1, 0.15) is 5.82 Å². The molecule has 132 valence electrons. The van der Waals surface area contributed by atoms with Gasteiger partial charge in [0.2, 0.25) is 0 Å². The van der Waals surface area contributed by atoms with Crippen molar-refractivity contribution >= 4 is 23.1 Å². The van der Waals surface area contributed by atoms with Crippen LogP contribution in [-0.4, -0.2) is 15.8 Å². The van der Waals surface area contributed by atoms with Crippen LogP contribution in [0.15, 0.2) is 24.3 Å². The number of nitrogens with one attached hydrogen (secondary N) is 2. The van der Waals surface area contributed by atoms with E-state index in [9.17, 15) is 4.79 Å². The smallest absolute Gasteiger partial charge is 0.308 e. The van der Waals surface area contributed by atoms with E-state index in [1.807, 2.05) is 39.1 Å². The second-order valence-electron chi connectivity index (χ2n) is 6.79. The number of carbonyl (C=O) groups excluding carboxylic acids is 1. The van der Waals surface area contributed by atoms with E-state index in [1.54, 1.807) is 4.68 Å². The molecule has 1 aromatic carbocycles. The number of hydrogen-bond acceptors (Lipinski definition) is 2. The van der Waals surface area contributed by atoms with Crippen LogP contribution in [0.4, 0.5) is 16.3 Å². The molecule has 0 saturated heterocycles. The number of aryl methyl sites for hydroxylation is 4. The number of allylic oxidation sites excluding steroid dienone is 2. The zero-order valence-electron chi connectivity index (χ0n) is 15.4. The quantitative estimate of drug-likeness (QED) is 0.832. The fourth-order valence-electron chi connectivity index (χ4n) is 3.34. The predicted octanol–water partition coefficient (Wildman–Crippen LogP) is 4.95. The molecule has 2 amide bonds. The van der Waals surface area contributed by atoms with E-state index in [2.05, 4.69) is 28.7 Å². The first kappa shape index (κ1) is 17.3. The molecule has 25 heavy (non-hydrogen) atoms. The monoisotopic (exact) mass is 338 g/mol. The van der Waals surface area contributed by atoms with Gasteiger partial charge in [-0.1, -0.05) is 12.1 Å². The van der Waals surface area contributed by atoms with Gasteiger partial charge in [-0.05, 0) is 75.3 Å². The molecule has 1 aromatic heterocycles. The van der Waals surface area contributed by atoms with Crippen LogP contribution in [0.5, 0.6) is 0 Å². The Kier molecular flexibility index (Phi) is 4.93. The zero-order chi connectivity index (χ0) is 18.0. The maximum absolute atomic E-state index is 12.5. The van der Waals surface area contributed by atoms with Gasteiger partial charge in [-0.15, -0.1) is 0 Å².